The van der Waals surface area contributed by atoms with Gasteiger partial charge in [-0.05, 0) is 32.9 Å². The van der Waals surface area contributed by atoms with Crippen LogP contribution >= 0.6 is 0 Å². The van der Waals surface area contributed by atoms with Crippen molar-refractivity contribution in [2.24, 2.45) is 0 Å². The first-order valence-corrected chi connectivity index (χ1v) is 5.54. The molecular formula is C13H16O3. The van der Waals surface area contributed by atoms with Gasteiger partial charge in [-0.2, -0.15) is 0 Å². The average Bonchev–Trinajstić information content (AvgIpc) is 2.72. The van der Waals surface area contributed by atoms with Gasteiger partial charge in [0.05, 0.1) is 19.5 Å². The van der Waals surface area contributed by atoms with Gasteiger partial charge in [0, 0.05) is 10.9 Å². The molecule has 0 saturated carbocycles. The first kappa shape index (κ1) is 10.9. The van der Waals surface area contributed by atoms with Crippen molar-refractivity contribution in [3.63, 3.8) is 0 Å². The predicted molar refractivity (Wildman–Crippen MR) is 63.3 cm³/mol. The quantitative estimate of drug-likeness (QED) is 0.789. The Morgan fingerprint density at radius 1 is 1.19 bits per heavy atom. The maximum absolute atomic E-state index is 5.62. The molecule has 3 heteroatoms. The Morgan fingerprint density at radius 2 is 1.94 bits per heavy atom. The molecule has 0 atom stereocenters. The first-order valence-electron chi connectivity index (χ1n) is 5.54. The van der Waals surface area contributed by atoms with Gasteiger partial charge in [-0.1, -0.05) is 0 Å². The fraction of sp³-hybridized carbons (Fsp3) is 0.385. The minimum Gasteiger partial charge on any atom is -0.493 e. The average molecular weight is 220 g/mol. The highest BCUT2D eigenvalue weighted by atomic mass is 16.5. The molecule has 1 aromatic carbocycles. The molecule has 1 aromatic heterocycles. The highest BCUT2D eigenvalue weighted by molar-refractivity contribution is 5.86. The molecule has 2 rings (SSSR count). The molecular weight excluding hydrogens is 204 g/mol. The van der Waals surface area contributed by atoms with Gasteiger partial charge in [0.25, 0.3) is 0 Å². The van der Waals surface area contributed by atoms with Crippen LogP contribution in [0.15, 0.2) is 22.8 Å². The third-order valence-corrected chi connectivity index (χ3v) is 2.49. The number of benzene rings is 1. The number of furan rings is 1. The van der Waals surface area contributed by atoms with Gasteiger partial charge in [-0.15, -0.1) is 0 Å². The van der Waals surface area contributed by atoms with Crippen molar-refractivity contribution < 1.29 is 13.9 Å². The topological polar surface area (TPSA) is 31.6 Å². The summed E-state index contributed by atoms with van der Waals surface area (Å²) in [6.45, 7) is 7.18. The van der Waals surface area contributed by atoms with Crippen LogP contribution in [-0.4, -0.2) is 13.2 Å². The molecule has 0 saturated heterocycles. The van der Waals surface area contributed by atoms with E-state index in [4.69, 9.17) is 13.9 Å². The van der Waals surface area contributed by atoms with E-state index in [-0.39, 0.29) is 0 Å². The zero-order valence-corrected chi connectivity index (χ0v) is 9.87. The lowest BCUT2D eigenvalue weighted by Gasteiger charge is -2.12. The van der Waals surface area contributed by atoms with Crippen molar-refractivity contribution in [3.05, 3.63) is 24.0 Å². The van der Waals surface area contributed by atoms with Crippen LogP contribution in [0.2, 0.25) is 0 Å². The lowest BCUT2D eigenvalue weighted by atomic mass is 10.1. The van der Waals surface area contributed by atoms with Crippen LogP contribution in [-0.2, 0) is 0 Å². The second-order valence-corrected chi connectivity index (χ2v) is 3.53. The fourth-order valence-electron chi connectivity index (χ4n) is 1.77. The van der Waals surface area contributed by atoms with E-state index in [1.807, 2.05) is 32.9 Å². The first-order chi connectivity index (χ1) is 7.77. The van der Waals surface area contributed by atoms with Crippen LogP contribution in [0.3, 0.4) is 0 Å². The smallest absolute Gasteiger partial charge is 0.176 e. The van der Waals surface area contributed by atoms with Crippen LogP contribution in [0.4, 0.5) is 0 Å². The summed E-state index contributed by atoms with van der Waals surface area (Å²) in [4.78, 5) is 0. The van der Waals surface area contributed by atoms with Crippen LogP contribution in [0.25, 0.3) is 11.0 Å². The Morgan fingerprint density at radius 3 is 2.62 bits per heavy atom. The zero-order valence-electron chi connectivity index (χ0n) is 9.87. The minimum absolute atomic E-state index is 0.617. The second-order valence-electron chi connectivity index (χ2n) is 3.53. The third-order valence-electron chi connectivity index (χ3n) is 2.49. The van der Waals surface area contributed by atoms with E-state index in [1.165, 1.54) is 0 Å². The summed E-state index contributed by atoms with van der Waals surface area (Å²) in [6.07, 6.45) is 1.67. The van der Waals surface area contributed by atoms with Crippen LogP contribution < -0.4 is 9.47 Å². The SMILES string of the molecule is CCOc1cc2ccoc2c(OCC)c1C. The molecule has 0 unspecified atom stereocenters. The van der Waals surface area contributed by atoms with Crippen LogP contribution in [0.5, 0.6) is 11.5 Å². The molecule has 0 spiro atoms. The van der Waals surface area contributed by atoms with E-state index in [2.05, 4.69) is 0 Å². The van der Waals surface area contributed by atoms with Crippen molar-refractivity contribution in [3.8, 4) is 11.5 Å². The molecule has 0 aliphatic rings. The van der Waals surface area contributed by atoms with Gasteiger partial charge in [-0.3, -0.25) is 0 Å². The summed E-state index contributed by atoms with van der Waals surface area (Å²) in [5.74, 6) is 1.65. The Kier molecular flexibility index (Phi) is 3.04. The summed E-state index contributed by atoms with van der Waals surface area (Å²) in [5.41, 5.74) is 1.79. The predicted octanol–water partition coefficient (Wildman–Crippen LogP) is 3.54. The second kappa shape index (κ2) is 4.47. The number of hydrogen-bond acceptors (Lipinski definition) is 3. The number of fused-ring (bicyclic) bond motifs is 1. The number of rotatable bonds is 4. The third kappa shape index (κ3) is 1.73. The lowest BCUT2D eigenvalue weighted by molar-refractivity contribution is 0.318. The lowest BCUT2D eigenvalue weighted by Crippen LogP contribution is -1.99. The van der Waals surface area contributed by atoms with Gasteiger partial charge in [-0.25, -0.2) is 0 Å². The molecule has 0 aliphatic heterocycles. The molecule has 0 aliphatic carbocycles. The van der Waals surface area contributed by atoms with Gasteiger partial charge in [0.1, 0.15) is 5.75 Å². The van der Waals surface area contributed by atoms with E-state index in [1.54, 1.807) is 6.26 Å². The number of ether oxygens (including phenoxy) is 2. The summed E-state index contributed by atoms with van der Waals surface area (Å²) in [6, 6.07) is 3.90. The van der Waals surface area contributed by atoms with E-state index < -0.39 is 0 Å². The van der Waals surface area contributed by atoms with Crippen molar-refractivity contribution >= 4 is 11.0 Å². The van der Waals surface area contributed by atoms with Crippen molar-refractivity contribution in [2.45, 2.75) is 20.8 Å². The van der Waals surface area contributed by atoms with Crippen molar-refractivity contribution in [1.29, 1.82) is 0 Å². The van der Waals surface area contributed by atoms with Gasteiger partial charge in [0.2, 0.25) is 0 Å². The Bertz CT molecular complexity index is 485. The molecule has 1 heterocycles. The normalized spacial score (nSPS) is 10.7. The number of hydrogen-bond donors (Lipinski definition) is 0. The van der Waals surface area contributed by atoms with E-state index in [0.29, 0.717) is 13.2 Å². The molecule has 0 bridgehead atoms. The minimum atomic E-state index is 0.617. The Labute approximate surface area is 95.0 Å². The highest BCUT2D eigenvalue weighted by Gasteiger charge is 2.14. The summed E-state index contributed by atoms with van der Waals surface area (Å²) in [7, 11) is 0. The van der Waals surface area contributed by atoms with Gasteiger partial charge in [0.15, 0.2) is 11.3 Å². The molecule has 0 radical (unpaired) electrons. The zero-order chi connectivity index (χ0) is 11.5. The fourth-order valence-corrected chi connectivity index (χ4v) is 1.77. The van der Waals surface area contributed by atoms with E-state index >= 15 is 0 Å². The molecule has 3 nitrogen and oxygen atoms in total. The van der Waals surface area contributed by atoms with Crippen molar-refractivity contribution in [2.75, 3.05) is 13.2 Å². The monoisotopic (exact) mass is 220 g/mol. The Hall–Kier alpha value is -1.64. The summed E-state index contributed by atoms with van der Waals surface area (Å²) >= 11 is 0. The molecule has 0 amide bonds. The standard InChI is InChI=1S/C13H16O3/c1-4-14-11-8-10-6-7-16-13(10)12(9(11)3)15-5-2/h6-8H,4-5H2,1-3H3. The molecule has 16 heavy (non-hydrogen) atoms. The Balaban J connectivity index is 2.61. The van der Waals surface area contributed by atoms with Gasteiger partial charge < -0.3 is 13.9 Å². The maximum atomic E-state index is 5.62. The maximum Gasteiger partial charge on any atom is 0.176 e. The van der Waals surface area contributed by atoms with E-state index in [9.17, 15) is 0 Å². The molecule has 0 N–H and O–H groups in total. The summed E-state index contributed by atoms with van der Waals surface area (Å²) in [5, 5.41) is 1.01. The largest absolute Gasteiger partial charge is 0.493 e. The molecule has 86 valence electrons. The van der Waals surface area contributed by atoms with Crippen LogP contribution in [0.1, 0.15) is 19.4 Å². The van der Waals surface area contributed by atoms with Crippen LogP contribution in [0, 0.1) is 6.92 Å². The van der Waals surface area contributed by atoms with Crippen molar-refractivity contribution in [1.82, 2.24) is 0 Å². The highest BCUT2D eigenvalue weighted by Crippen LogP contribution is 2.37. The summed E-state index contributed by atoms with van der Waals surface area (Å²) < 4.78 is 16.6. The van der Waals surface area contributed by atoms with Gasteiger partial charge >= 0.3 is 0 Å². The van der Waals surface area contributed by atoms with E-state index in [0.717, 1.165) is 28.0 Å². The molecule has 2 aromatic rings. The molecule has 0 fully saturated rings.